The van der Waals surface area contributed by atoms with E-state index in [0.29, 0.717) is 0 Å². The minimum atomic E-state index is -0.412. The molecular formula is C9H12N2O4. The Morgan fingerprint density at radius 2 is 1.80 bits per heavy atom. The number of nitrogens with zero attached hydrogens (tertiary/aromatic N) is 2. The van der Waals surface area contributed by atoms with E-state index in [2.05, 4.69) is 9.97 Å². The minimum absolute atomic E-state index is 0.0712. The number of hydrogen-bond acceptors (Lipinski definition) is 6. The van der Waals surface area contributed by atoms with Crippen molar-refractivity contribution in [1.29, 1.82) is 0 Å². The van der Waals surface area contributed by atoms with Crippen molar-refractivity contribution in [3.63, 3.8) is 0 Å². The maximum Gasteiger partial charge on any atom is 0.330 e. The summed E-state index contributed by atoms with van der Waals surface area (Å²) in [5, 5.41) is 0. The van der Waals surface area contributed by atoms with Gasteiger partial charge in [0.1, 0.15) is 0 Å². The molecule has 0 spiro atoms. The highest BCUT2D eigenvalue weighted by atomic mass is 16.6. The Labute approximate surface area is 87.2 Å². The second kappa shape index (κ2) is 5.14. The number of carbonyl (C=O) groups is 1. The zero-order valence-corrected chi connectivity index (χ0v) is 8.81. The smallest absolute Gasteiger partial charge is 0.330 e. The van der Waals surface area contributed by atoms with Crippen LogP contribution in [0.5, 0.6) is 17.8 Å². The molecule has 0 atom stereocenters. The lowest BCUT2D eigenvalue weighted by Crippen LogP contribution is -2.09. The van der Waals surface area contributed by atoms with Crippen molar-refractivity contribution in [2.24, 2.45) is 0 Å². The van der Waals surface area contributed by atoms with Crippen molar-refractivity contribution in [3.8, 4) is 17.8 Å². The van der Waals surface area contributed by atoms with E-state index in [1.165, 1.54) is 20.3 Å². The molecule has 1 aromatic heterocycles. The molecule has 0 bridgehead atoms. The molecule has 0 amide bonds. The molecule has 0 fully saturated rings. The average Bonchev–Trinajstić information content (AvgIpc) is 2.28. The molecule has 0 radical (unpaired) electrons. The molecule has 0 aliphatic heterocycles. The van der Waals surface area contributed by atoms with Gasteiger partial charge in [-0.15, -0.1) is 0 Å². The summed E-state index contributed by atoms with van der Waals surface area (Å²) in [7, 11) is 2.90. The summed E-state index contributed by atoms with van der Waals surface area (Å²) < 4.78 is 14.6. The van der Waals surface area contributed by atoms with Gasteiger partial charge in [-0.1, -0.05) is 6.92 Å². The van der Waals surface area contributed by atoms with Crippen LogP contribution in [0.4, 0.5) is 0 Å². The highest BCUT2D eigenvalue weighted by Crippen LogP contribution is 2.18. The SMILES string of the molecule is CCC(=O)Oc1nc(OC)cc(OC)n1. The molecule has 15 heavy (non-hydrogen) atoms. The van der Waals surface area contributed by atoms with Gasteiger partial charge in [0.15, 0.2) is 0 Å². The van der Waals surface area contributed by atoms with Crippen LogP contribution < -0.4 is 14.2 Å². The fourth-order valence-corrected chi connectivity index (χ4v) is 0.812. The van der Waals surface area contributed by atoms with Crippen LogP contribution in [-0.2, 0) is 4.79 Å². The molecule has 1 aromatic rings. The Kier molecular flexibility index (Phi) is 3.84. The van der Waals surface area contributed by atoms with Crippen LogP contribution in [-0.4, -0.2) is 30.2 Å². The Hall–Kier alpha value is -1.85. The van der Waals surface area contributed by atoms with Crippen LogP contribution in [0.3, 0.4) is 0 Å². The van der Waals surface area contributed by atoms with Gasteiger partial charge in [-0.25, -0.2) is 0 Å². The van der Waals surface area contributed by atoms with Gasteiger partial charge in [0.25, 0.3) is 0 Å². The van der Waals surface area contributed by atoms with Crippen molar-refractivity contribution in [3.05, 3.63) is 6.07 Å². The summed E-state index contributed by atoms with van der Waals surface area (Å²) in [6, 6.07) is 1.42. The zero-order valence-electron chi connectivity index (χ0n) is 8.81. The van der Waals surface area contributed by atoms with E-state index in [-0.39, 0.29) is 24.2 Å². The van der Waals surface area contributed by atoms with Crippen molar-refractivity contribution in [1.82, 2.24) is 9.97 Å². The van der Waals surface area contributed by atoms with Crippen LogP contribution in [0.25, 0.3) is 0 Å². The number of carbonyl (C=O) groups excluding carboxylic acids is 1. The second-order valence-electron chi connectivity index (χ2n) is 2.56. The standard InChI is InChI=1S/C9H12N2O4/c1-4-8(12)15-9-10-6(13-2)5-7(11-9)14-3/h5H,4H2,1-3H3. The Morgan fingerprint density at radius 1 is 1.27 bits per heavy atom. The molecule has 1 heterocycles. The van der Waals surface area contributed by atoms with Gasteiger partial charge in [-0.2, -0.15) is 9.97 Å². The van der Waals surface area contributed by atoms with E-state index < -0.39 is 5.97 Å². The van der Waals surface area contributed by atoms with Crippen LogP contribution in [0.15, 0.2) is 6.07 Å². The first-order valence-corrected chi connectivity index (χ1v) is 4.37. The van der Waals surface area contributed by atoms with E-state index in [1.807, 2.05) is 0 Å². The van der Waals surface area contributed by atoms with E-state index in [4.69, 9.17) is 14.2 Å². The maximum absolute atomic E-state index is 11.0. The Balaban J connectivity index is 2.91. The monoisotopic (exact) mass is 212 g/mol. The van der Waals surface area contributed by atoms with Crippen molar-refractivity contribution in [2.75, 3.05) is 14.2 Å². The molecule has 0 aromatic carbocycles. The quantitative estimate of drug-likeness (QED) is 0.688. The van der Waals surface area contributed by atoms with Crippen LogP contribution in [0.1, 0.15) is 13.3 Å². The lowest BCUT2D eigenvalue weighted by Gasteiger charge is -2.05. The van der Waals surface area contributed by atoms with Gasteiger partial charge in [0.05, 0.1) is 20.3 Å². The molecule has 0 aliphatic carbocycles. The first-order valence-electron chi connectivity index (χ1n) is 4.37. The fourth-order valence-electron chi connectivity index (χ4n) is 0.812. The van der Waals surface area contributed by atoms with Gasteiger partial charge in [-0.3, -0.25) is 4.79 Å². The zero-order chi connectivity index (χ0) is 11.3. The predicted molar refractivity (Wildman–Crippen MR) is 51.1 cm³/mol. The third-order valence-corrected chi connectivity index (χ3v) is 1.57. The van der Waals surface area contributed by atoms with Crippen LogP contribution >= 0.6 is 0 Å². The molecule has 0 unspecified atom stereocenters. The summed E-state index contributed by atoms with van der Waals surface area (Å²) in [4.78, 5) is 18.7. The number of ether oxygens (including phenoxy) is 3. The highest BCUT2D eigenvalue weighted by Gasteiger charge is 2.09. The molecule has 82 valence electrons. The van der Waals surface area contributed by atoms with Crippen LogP contribution in [0.2, 0.25) is 0 Å². The summed E-state index contributed by atoms with van der Waals surface area (Å²) in [6.07, 6.45) is 0.253. The molecule has 0 saturated heterocycles. The molecule has 6 heteroatoms. The first-order chi connectivity index (χ1) is 7.19. The van der Waals surface area contributed by atoms with Gasteiger partial charge in [0.2, 0.25) is 11.8 Å². The van der Waals surface area contributed by atoms with Crippen LogP contribution in [0, 0.1) is 0 Å². The third-order valence-electron chi connectivity index (χ3n) is 1.57. The largest absolute Gasteiger partial charge is 0.481 e. The van der Waals surface area contributed by atoms with E-state index in [1.54, 1.807) is 6.92 Å². The van der Waals surface area contributed by atoms with E-state index >= 15 is 0 Å². The normalized spacial score (nSPS) is 9.53. The molecule has 0 saturated carbocycles. The maximum atomic E-state index is 11.0. The van der Waals surface area contributed by atoms with Crippen molar-refractivity contribution in [2.45, 2.75) is 13.3 Å². The van der Waals surface area contributed by atoms with Gasteiger partial charge in [0, 0.05) is 6.42 Å². The minimum Gasteiger partial charge on any atom is -0.481 e. The average molecular weight is 212 g/mol. The number of esters is 1. The molecule has 0 N–H and O–H groups in total. The Morgan fingerprint density at radius 3 is 2.20 bits per heavy atom. The fraction of sp³-hybridized carbons (Fsp3) is 0.444. The number of aromatic nitrogens is 2. The topological polar surface area (TPSA) is 70.5 Å². The summed E-state index contributed by atoms with van der Waals surface area (Å²) in [5.41, 5.74) is 0. The number of hydrogen-bond donors (Lipinski definition) is 0. The summed E-state index contributed by atoms with van der Waals surface area (Å²) in [5.74, 6) is 0.145. The molecule has 1 rings (SSSR count). The van der Waals surface area contributed by atoms with E-state index in [9.17, 15) is 4.79 Å². The molecular weight excluding hydrogens is 200 g/mol. The van der Waals surface area contributed by atoms with Crippen molar-refractivity contribution >= 4 is 5.97 Å². The summed E-state index contributed by atoms with van der Waals surface area (Å²) in [6.45, 7) is 1.68. The predicted octanol–water partition coefficient (Wildman–Crippen LogP) is 0.809. The number of rotatable bonds is 4. The van der Waals surface area contributed by atoms with Gasteiger partial charge in [-0.05, 0) is 0 Å². The highest BCUT2D eigenvalue weighted by molar-refractivity contribution is 5.71. The van der Waals surface area contributed by atoms with E-state index in [0.717, 1.165) is 0 Å². The third kappa shape index (κ3) is 3.08. The summed E-state index contributed by atoms with van der Waals surface area (Å²) >= 11 is 0. The number of methoxy groups -OCH3 is 2. The lowest BCUT2D eigenvalue weighted by atomic mass is 10.5. The van der Waals surface area contributed by atoms with Crippen molar-refractivity contribution < 1.29 is 19.0 Å². The molecule has 0 aliphatic rings. The lowest BCUT2D eigenvalue weighted by molar-refractivity contribution is -0.134. The second-order valence-corrected chi connectivity index (χ2v) is 2.56. The van der Waals surface area contributed by atoms with Gasteiger partial charge >= 0.3 is 12.0 Å². The van der Waals surface area contributed by atoms with Gasteiger partial charge < -0.3 is 14.2 Å². The molecule has 6 nitrogen and oxygen atoms in total. The first kappa shape index (κ1) is 11.2. The Bertz CT molecular complexity index is 332.